The van der Waals surface area contributed by atoms with Crippen LogP contribution in [0, 0.1) is 0 Å². The second-order valence-electron chi connectivity index (χ2n) is 3.84. The first-order chi connectivity index (χ1) is 8.42. The normalized spacial score (nSPS) is 12.0. The van der Waals surface area contributed by atoms with E-state index in [2.05, 4.69) is 10.5 Å². The van der Waals surface area contributed by atoms with Crippen LogP contribution < -0.4 is 10.2 Å². The molecule has 2 aromatic rings. The van der Waals surface area contributed by atoms with Gasteiger partial charge in [-0.3, -0.25) is 0 Å². The summed E-state index contributed by atoms with van der Waals surface area (Å²) >= 11 is 0. The van der Waals surface area contributed by atoms with Gasteiger partial charge in [0.2, 0.25) is 0 Å². The number of nitrogens with zero attached hydrogens (tertiary/aromatic N) is 2. The second kappa shape index (κ2) is 4.29. The van der Waals surface area contributed by atoms with Gasteiger partial charge in [-0.1, -0.05) is 30.3 Å². The minimum atomic E-state index is 0.577. The van der Waals surface area contributed by atoms with E-state index in [9.17, 15) is 0 Å². The summed E-state index contributed by atoms with van der Waals surface area (Å²) in [7, 11) is 0. The van der Waals surface area contributed by atoms with Crippen LogP contribution in [-0.2, 0) is 6.61 Å². The predicted octanol–water partition coefficient (Wildman–Crippen LogP) is 2.85. The molecule has 0 aromatic heterocycles. The molecular weight excluding hydrogens is 212 g/mol. The molecule has 0 atom stereocenters. The number of fused-ring (bicyclic) bond motifs is 1. The average molecular weight is 223 g/mol. The summed E-state index contributed by atoms with van der Waals surface area (Å²) in [4.78, 5) is 0. The maximum absolute atomic E-state index is 5.71. The van der Waals surface area contributed by atoms with Crippen LogP contribution >= 0.6 is 0 Å². The highest BCUT2D eigenvalue weighted by Gasteiger charge is 2.08. The van der Waals surface area contributed by atoms with Crippen molar-refractivity contribution >= 4 is 11.9 Å². The van der Waals surface area contributed by atoms with Crippen LogP contribution in [0.25, 0.3) is 0 Å². The standard InChI is InChI=1S/C14H11N2O/c1-2-4-11(5-3-1)10-17-13-6-7-14-12(8-13)9-15-16-14/h1-9H,10H2. The molecule has 2 aromatic carbocycles. The van der Waals surface area contributed by atoms with Gasteiger partial charge in [0.05, 0.1) is 11.9 Å². The molecule has 17 heavy (non-hydrogen) atoms. The maximum atomic E-state index is 5.71. The third-order valence-electron chi connectivity index (χ3n) is 2.61. The van der Waals surface area contributed by atoms with Gasteiger partial charge in [-0.15, -0.1) is 0 Å². The Hall–Kier alpha value is -2.29. The van der Waals surface area contributed by atoms with E-state index < -0.39 is 0 Å². The van der Waals surface area contributed by atoms with Crippen LogP contribution in [0.15, 0.2) is 53.6 Å². The van der Waals surface area contributed by atoms with Crippen LogP contribution in [0.3, 0.4) is 0 Å². The summed E-state index contributed by atoms with van der Waals surface area (Å²) in [6.07, 6.45) is 1.74. The van der Waals surface area contributed by atoms with Gasteiger partial charge in [0, 0.05) is 5.56 Å². The fraction of sp³-hybridized carbons (Fsp3) is 0.0714. The molecule has 3 rings (SSSR count). The predicted molar refractivity (Wildman–Crippen MR) is 66.6 cm³/mol. The fourth-order valence-electron chi connectivity index (χ4n) is 1.71. The third kappa shape index (κ3) is 2.13. The molecule has 0 aliphatic carbocycles. The first kappa shape index (κ1) is 9.90. The number of hydrogen-bond donors (Lipinski definition) is 0. The highest BCUT2D eigenvalue weighted by atomic mass is 16.5. The SMILES string of the molecule is C1=N[N]c2ccc(OCc3ccccc3)cc21. The van der Waals surface area contributed by atoms with Gasteiger partial charge in [-0.25, -0.2) is 0 Å². The lowest BCUT2D eigenvalue weighted by Gasteiger charge is -2.07. The van der Waals surface area contributed by atoms with E-state index in [0.717, 1.165) is 22.6 Å². The van der Waals surface area contributed by atoms with Gasteiger partial charge in [-0.2, -0.15) is 10.5 Å². The molecule has 1 heterocycles. The molecule has 0 amide bonds. The van der Waals surface area contributed by atoms with Gasteiger partial charge in [0.25, 0.3) is 0 Å². The largest absolute Gasteiger partial charge is 0.489 e. The summed E-state index contributed by atoms with van der Waals surface area (Å²) in [5.74, 6) is 0.844. The molecule has 0 saturated carbocycles. The van der Waals surface area contributed by atoms with Crippen LogP contribution in [0.2, 0.25) is 0 Å². The molecule has 3 nitrogen and oxygen atoms in total. The van der Waals surface area contributed by atoms with E-state index in [0.29, 0.717) is 6.61 Å². The minimum Gasteiger partial charge on any atom is -0.489 e. The molecule has 1 aliphatic heterocycles. The van der Waals surface area contributed by atoms with Crippen LogP contribution in [-0.4, -0.2) is 6.21 Å². The van der Waals surface area contributed by atoms with Crippen LogP contribution in [0.4, 0.5) is 5.69 Å². The van der Waals surface area contributed by atoms with Crippen molar-refractivity contribution < 1.29 is 4.74 Å². The van der Waals surface area contributed by atoms with Crippen molar-refractivity contribution in [2.45, 2.75) is 6.61 Å². The highest BCUT2D eigenvalue weighted by Crippen LogP contribution is 2.24. The Morgan fingerprint density at radius 2 is 1.88 bits per heavy atom. The Balaban J connectivity index is 1.72. The third-order valence-corrected chi connectivity index (χ3v) is 2.61. The minimum absolute atomic E-state index is 0.577. The zero-order valence-corrected chi connectivity index (χ0v) is 9.21. The Labute approximate surface area is 99.7 Å². The van der Waals surface area contributed by atoms with Gasteiger partial charge < -0.3 is 4.74 Å². The highest BCUT2D eigenvalue weighted by molar-refractivity contribution is 5.89. The molecule has 0 bridgehead atoms. The van der Waals surface area contributed by atoms with E-state index in [-0.39, 0.29) is 0 Å². The molecule has 3 heteroatoms. The second-order valence-corrected chi connectivity index (χ2v) is 3.84. The van der Waals surface area contributed by atoms with Gasteiger partial charge in [0.15, 0.2) is 0 Å². The molecule has 0 spiro atoms. The molecule has 83 valence electrons. The van der Waals surface area contributed by atoms with E-state index in [1.165, 1.54) is 0 Å². The van der Waals surface area contributed by atoms with Crippen molar-refractivity contribution in [3.8, 4) is 5.75 Å². The summed E-state index contributed by atoms with van der Waals surface area (Å²) < 4.78 is 5.71. The molecule has 0 fully saturated rings. The van der Waals surface area contributed by atoms with E-state index in [1.54, 1.807) is 6.21 Å². The lowest BCUT2D eigenvalue weighted by Crippen LogP contribution is -1.95. The maximum Gasteiger partial charge on any atom is 0.120 e. The van der Waals surface area contributed by atoms with Crippen molar-refractivity contribution in [3.63, 3.8) is 0 Å². The zero-order chi connectivity index (χ0) is 11.5. The number of rotatable bonds is 3. The number of benzene rings is 2. The average Bonchev–Trinajstić information content (AvgIpc) is 2.85. The first-order valence-corrected chi connectivity index (χ1v) is 5.47. The van der Waals surface area contributed by atoms with Gasteiger partial charge in [-0.05, 0) is 23.8 Å². The van der Waals surface area contributed by atoms with E-state index >= 15 is 0 Å². The lowest BCUT2D eigenvalue weighted by atomic mass is 10.2. The number of hydrogen-bond acceptors (Lipinski definition) is 2. The number of ether oxygens (including phenoxy) is 1. The van der Waals surface area contributed by atoms with Crippen molar-refractivity contribution in [2.24, 2.45) is 5.10 Å². The van der Waals surface area contributed by atoms with Crippen molar-refractivity contribution in [2.75, 3.05) is 0 Å². The molecule has 1 aliphatic rings. The van der Waals surface area contributed by atoms with Crippen LogP contribution in [0.5, 0.6) is 5.75 Å². The van der Waals surface area contributed by atoms with E-state index in [1.807, 2.05) is 48.5 Å². The summed E-state index contributed by atoms with van der Waals surface area (Å²) in [6.45, 7) is 0.577. The fourth-order valence-corrected chi connectivity index (χ4v) is 1.71. The Morgan fingerprint density at radius 1 is 1.00 bits per heavy atom. The van der Waals surface area contributed by atoms with Crippen molar-refractivity contribution in [1.82, 2.24) is 5.43 Å². The Morgan fingerprint density at radius 3 is 2.76 bits per heavy atom. The molecule has 1 radical (unpaired) electrons. The summed E-state index contributed by atoms with van der Waals surface area (Å²) in [6, 6.07) is 15.9. The molecule has 0 saturated heterocycles. The van der Waals surface area contributed by atoms with E-state index in [4.69, 9.17) is 4.74 Å². The first-order valence-electron chi connectivity index (χ1n) is 5.47. The Kier molecular flexibility index (Phi) is 2.50. The van der Waals surface area contributed by atoms with Crippen molar-refractivity contribution in [3.05, 3.63) is 59.7 Å². The topological polar surface area (TPSA) is 35.7 Å². The summed E-state index contributed by atoms with van der Waals surface area (Å²) in [5.41, 5.74) is 7.04. The smallest absolute Gasteiger partial charge is 0.120 e. The lowest BCUT2D eigenvalue weighted by molar-refractivity contribution is 0.306. The van der Waals surface area contributed by atoms with Crippen LogP contribution in [0.1, 0.15) is 11.1 Å². The molecule has 0 unspecified atom stereocenters. The summed E-state index contributed by atoms with van der Waals surface area (Å²) in [5, 5.41) is 3.86. The zero-order valence-electron chi connectivity index (χ0n) is 9.21. The van der Waals surface area contributed by atoms with Gasteiger partial charge >= 0.3 is 0 Å². The molecule has 0 N–H and O–H groups in total. The van der Waals surface area contributed by atoms with Gasteiger partial charge in [0.1, 0.15) is 12.4 Å². The molecular formula is C14H11N2O. The van der Waals surface area contributed by atoms with Crippen molar-refractivity contribution in [1.29, 1.82) is 0 Å². The quantitative estimate of drug-likeness (QED) is 0.788. The Bertz CT molecular complexity index is 549. The monoisotopic (exact) mass is 223 g/mol.